The smallest absolute Gasteiger partial charge is 0.131 e. The lowest BCUT2D eigenvalue weighted by Crippen LogP contribution is -1.82. The first-order chi connectivity index (χ1) is 7.74. The van der Waals surface area contributed by atoms with Gasteiger partial charge in [-0.15, -0.1) is 11.8 Å². The molecule has 2 rings (SSSR count). The van der Waals surface area contributed by atoms with Crippen molar-refractivity contribution in [3.05, 3.63) is 58.3 Å². The van der Waals surface area contributed by atoms with Crippen LogP contribution >= 0.6 is 35.0 Å². The maximum atomic E-state index is 5.82. The number of hydrogen-bond donors (Lipinski definition) is 0. The largest absolute Gasteiger partial charge is 0.224 e. The minimum absolute atomic E-state index is 0.433. The highest BCUT2D eigenvalue weighted by atomic mass is 35.5. The number of benzene rings is 1. The molecule has 1 heterocycles. The van der Waals surface area contributed by atoms with Crippen LogP contribution in [0.5, 0.6) is 0 Å². The summed E-state index contributed by atoms with van der Waals surface area (Å²) >= 11 is 13.3. The molecular formula is C12H9Cl2NS. The average molecular weight is 270 g/mol. The summed E-state index contributed by atoms with van der Waals surface area (Å²) in [5.41, 5.74) is 1.27. The standard InChI is InChI=1S/C12H9Cl2NS/c13-11-6-10(7-12(14)15-11)16-8-9-4-2-1-3-5-9/h1-7H,8H2. The van der Waals surface area contributed by atoms with E-state index in [9.17, 15) is 0 Å². The Balaban J connectivity index is 2.05. The van der Waals surface area contributed by atoms with Gasteiger partial charge in [0.15, 0.2) is 0 Å². The topological polar surface area (TPSA) is 12.9 Å². The first kappa shape index (κ1) is 11.8. The van der Waals surface area contributed by atoms with Gasteiger partial charge in [0.05, 0.1) is 0 Å². The van der Waals surface area contributed by atoms with Crippen LogP contribution in [0.2, 0.25) is 10.3 Å². The van der Waals surface area contributed by atoms with Crippen molar-refractivity contribution in [2.24, 2.45) is 0 Å². The van der Waals surface area contributed by atoms with E-state index in [4.69, 9.17) is 23.2 Å². The lowest BCUT2D eigenvalue weighted by Gasteiger charge is -2.02. The van der Waals surface area contributed by atoms with Gasteiger partial charge in [0.25, 0.3) is 0 Å². The average Bonchev–Trinajstić information content (AvgIpc) is 2.27. The molecule has 0 unspecified atom stereocenters. The Kier molecular flexibility index (Phi) is 4.10. The fourth-order valence-electron chi connectivity index (χ4n) is 1.27. The molecule has 0 aliphatic rings. The van der Waals surface area contributed by atoms with Crippen LogP contribution in [0.4, 0.5) is 0 Å². The van der Waals surface area contributed by atoms with Crippen molar-refractivity contribution in [1.82, 2.24) is 4.98 Å². The second kappa shape index (κ2) is 5.58. The van der Waals surface area contributed by atoms with Gasteiger partial charge in [-0.25, -0.2) is 4.98 Å². The molecule has 0 aliphatic heterocycles. The van der Waals surface area contributed by atoms with Crippen LogP contribution in [0.3, 0.4) is 0 Å². The molecule has 0 saturated carbocycles. The Hall–Kier alpha value is -0.700. The number of hydrogen-bond acceptors (Lipinski definition) is 2. The Morgan fingerprint density at radius 1 is 1.00 bits per heavy atom. The highest BCUT2D eigenvalue weighted by Gasteiger charge is 2.00. The Bertz CT molecular complexity index is 453. The molecule has 0 bridgehead atoms. The molecular weight excluding hydrogens is 261 g/mol. The summed E-state index contributed by atoms with van der Waals surface area (Å²) < 4.78 is 0. The predicted octanol–water partition coefficient (Wildman–Crippen LogP) is 4.68. The lowest BCUT2D eigenvalue weighted by atomic mass is 10.2. The Morgan fingerprint density at radius 3 is 2.25 bits per heavy atom. The third-order valence-corrected chi connectivity index (χ3v) is 3.42. The van der Waals surface area contributed by atoms with Crippen molar-refractivity contribution >= 4 is 35.0 Å². The number of rotatable bonds is 3. The third kappa shape index (κ3) is 3.41. The first-order valence-corrected chi connectivity index (χ1v) is 6.48. The van der Waals surface area contributed by atoms with Crippen molar-refractivity contribution in [3.8, 4) is 0 Å². The SMILES string of the molecule is Clc1cc(SCc2ccccc2)cc(Cl)n1. The molecule has 0 N–H and O–H groups in total. The second-order valence-electron chi connectivity index (χ2n) is 3.22. The van der Waals surface area contributed by atoms with E-state index in [2.05, 4.69) is 17.1 Å². The molecule has 0 radical (unpaired) electrons. The summed E-state index contributed by atoms with van der Waals surface area (Å²) in [6.07, 6.45) is 0. The van der Waals surface area contributed by atoms with E-state index >= 15 is 0 Å². The Morgan fingerprint density at radius 2 is 1.62 bits per heavy atom. The molecule has 0 aliphatic carbocycles. The van der Waals surface area contributed by atoms with E-state index in [0.29, 0.717) is 10.3 Å². The van der Waals surface area contributed by atoms with Crippen LogP contribution in [0, 0.1) is 0 Å². The van der Waals surface area contributed by atoms with Crippen molar-refractivity contribution in [1.29, 1.82) is 0 Å². The molecule has 4 heteroatoms. The third-order valence-electron chi connectivity index (χ3n) is 1.98. The van der Waals surface area contributed by atoms with Crippen LogP contribution in [-0.2, 0) is 5.75 Å². The summed E-state index contributed by atoms with van der Waals surface area (Å²) in [5.74, 6) is 0.900. The molecule has 1 aromatic carbocycles. The molecule has 2 aromatic rings. The van der Waals surface area contributed by atoms with Gasteiger partial charge >= 0.3 is 0 Å². The zero-order valence-electron chi connectivity index (χ0n) is 8.36. The van der Waals surface area contributed by atoms with Crippen molar-refractivity contribution in [2.75, 3.05) is 0 Å². The number of aromatic nitrogens is 1. The van der Waals surface area contributed by atoms with E-state index in [-0.39, 0.29) is 0 Å². The molecule has 0 amide bonds. The minimum Gasteiger partial charge on any atom is -0.224 e. The van der Waals surface area contributed by atoms with E-state index in [1.807, 2.05) is 30.3 Å². The summed E-state index contributed by atoms with van der Waals surface area (Å²) in [5, 5.41) is 0.867. The second-order valence-corrected chi connectivity index (χ2v) is 5.05. The summed E-state index contributed by atoms with van der Waals surface area (Å²) in [6, 6.07) is 13.9. The first-order valence-electron chi connectivity index (χ1n) is 4.74. The quantitative estimate of drug-likeness (QED) is 0.593. The van der Waals surface area contributed by atoms with Crippen LogP contribution < -0.4 is 0 Å². The van der Waals surface area contributed by atoms with E-state index in [1.165, 1.54) is 5.56 Å². The van der Waals surface area contributed by atoms with Crippen LogP contribution in [0.25, 0.3) is 0 Å². The normalized spacial score (nSPS) is 10.4. The van der Waals surface area contributed by atoms with Gasteiger partial charge in [-0.3, -0.25) is 0 Å². The number of halogens is 2. The molecule has 0 atom stereocenters. The van der Waals surface area contributed by atoms with Gasteiger partial charge < -0.3 is 0 Å². The molecule has 1 nitrogen and oxygen atoms in total. The molecule has 0 fully saturated rings. The number of pyridine rings is 1. The number of nitrogens with zero attached hydrogens (tertiary/aromatic N) is 1. The predicted molar refractivity (Wildman–Crippen MR) is 70.3 cm³/mol. The van der Waals surface area contributed by atoms with Crippen molar-refractivity contribution in [3.63, 3.8) is 0 Å². The lowest BCUT2D eigenvalue weighted by molar-refractivity contribution is 1.26. The van der Waals surface area contributed by atoms with Crippen LogP contribution in [-0.4, -0.2) is 4.98 Å². The highest BCUT2D eigenvalue weighted by Crippen LogP contribution is 2.26. The number of thioether (sulfide) groups is 1. The zero-order valence-corrected chi connectivity index (χ0v) is 10.7. The monoisotopic (exact) mass is 269 g/mol. The van der Waals surface area contributed by atoms with Crippen molar-refractivity contribution < 1.29 is 0 Å². The Labute approximate surface area is 109 Å². The van der Waals surface area contributed by atoms with Gasteiger partial charge in [0.1, 0.15) is 10.3 Å². The van der Waals surface area contributed by atoms with E-state index in [1.54, 1.807) is 11.8 Å². The van der Waals surface area contributed by atoms with Crippen LogP contribution in [0.15, 0.2) is 47.4 Å². The fraction of sp³-hybridized carbons (Fsp3) is 0.0833. The van der Waals surface area contributed by atoms with Gasteiger partial charge in [0.2, 0.25) is 0 Å². The van der Waals surface area contributed by atoms with Gasteiger partial charge in [0, 0.05) is 10.6 Å². The highest BCUT2D eigenvalue weighted by molar-refractivity contribution is 7.98. The summed E-state index contributed by atoms with van der Waals surface area (Å²) in [4.78, 5) is 4.94. The summed E-state index contributed by atoms with van der Waals surface area (Å²) in [6.45, 7) is 0. The van der Waals surface area contributed by atoms with E-state index < -0.39 is 0 Å². The van der Waals surface area contributed by atoms with Crippen molar-refractivity contribution in [2.45, 2.75) is 10.6 Å². The fourth-order valence-corrected chi connectivity index (χ4v) is 2.77. The molecule has 82 valence electrons. The maximum absolute atomic E-state index is 5.82. The zero-order chi connectivity index (χ0) is 11.4. The van der Waals surface area contributed by atoms with Gasteiger partial charge in [-0.1, -0.05) is 53.5 Å². The molecule has 16 heavy (non-hydrogen) atoms. The maximum Gasteiger partial charge on any atom is 0.131 e. The van der Waals surface area contributed by atoms with Crippen LogP contribution in [0.1, 0.15) is 5.56 Å². The minimum atomic E-state index is 0.433. The van der Waals surface area contributed by atoms with Gasteiger partial charge in [-0.05, 0) is 17.7 Å². The molecule has 1 aromatic heterocycles. The molecule has 0 saturated heterocycles. The molecule has 0 spiro atoms. The van der Waals surface area contributed by atoms with Gasteiger partial charge in [-0.2, -0.15) is 0 Å². The van der Waals surface area contributed by atoms with E-state index in [0.717, 1.165) is 10.6 Å². The summed E-state index contributed by atoms with van der Waals surface area (Å²) in [7, 11) is 0.